The van der Waals surface area contributed by atoms with E-state index in [0.717, 1.165) is 6.08 Å². The van der Waals surface area contributed by atoms with Crippen LogP contribution < -0.4 is 0 Å². The molecule has 3 heteroatoms. The minimum Gasteiger partial charge on any atom is -0.285 e. The van der Waals surface area contributed by atoms with Crippen molar-refractivity contribution < 1.29 is 9.59 Å². The lowest BCUT2D eigenvalue weighted by Crippen LogP contribution is -2.21. The van der Waals surface area contributed by atoms with Gasteiger partial charge in [-0.2, -0.15) is 0 Å². The number of nitrogens with zero attached hydrogens (tertiary/aromatic N) is 1. The van der Waals surface area contributed by atoms with Gasteiger partial charge in [-0.25, -0.2) is 0 Å². The van der Waals surface area contributed by atoms with E-state index in [1.54, 1.807) is 0 Å². The van der Waals surface area contributed by atoms with Crippen LogP contribution in [0.5, 0.6) is 0 Å². The molecule has 0 aromatic heterocycles. The maximum atomic E-state index is 10.6. The molecule has 0 unspecified atom stereocenters. The van der Waals surface area contributed by atoms with Crippen LogP contribution in [0.4, 0.5) is 0 Å². The lowest BCUT2D eigenvalue weighted by atomic mass is 10.1. The van der Waals surface area contributed by atoms with Gasteiger partial charge in [0.05, 0.1) is 5.71 Å². The highest BCUT2D eigenvalue weighted by molar-refractivity contribution is 6.67. The quantitative estimate of drug-likeness (QED) is 0.429. The molecule has 0 aromatic carbocycles. The van der Waals surface area contributed by atoms with E-state index in [9.17, 15) is 9.59 Å². The summed E-state index contributed by atoms with van der Waals surface area (Å²) in [7, 11) is 0. The SMILES string of the molecule is CC1=NC=CC(=O)C1=O. The molecule has 0 aliphatic carbocycles. The normalized spacial score (nSPS) is 18.1. The van der Waals surface area contributed by atoms with E-state index in [0.29, 0.717) is 0 Å². The molecule has 0 aromatic rings. The van der Waals surface area contributed by atoms with Crippen LogP contribution in [-0.4, -0.2) is 17.3 Å². The number of aliphatic imine (C=N–C) groups is 1. The Hall–Kier alpha value is -1.25. The van der Waals surface area contributed by atoms with Gasteiger partial charge in [0.25, 0.3) is 0 Å². The number of carbonyl (C=O) groups excluding carboxylic acids is 2. The van der Waals surface area contributed by atoms with Crippen LogP contribution in [-0.2, 0) is 9.59 Å². The molecule has 3 nitrogen and oxygen atoms in total. The summed E-state index contributed by atoms with van der Waals surface area (Å²) in [6.07, 6.45) is 2.49. The Morgan fingerprint density at radius 2 is 2.11 bits per heavy atom. The maximum absolute atomic E-state index is 10.6. The Balaban J connectivity index is 3.00. The molecule has 0 atom stereocenters. The van der Waals surface area contributed by atoms with E-state index in [1.807, 2.05) is 0 Å². The summed E-state index contributed by atoms with van der Waals surface area (Å²) in [5, 5.41) is 0. The molecule has 0 saturated heterocycles. The second-order valence-electron chi connectivity index (χ2n) is 1.72. The number of Topliss-reactive ketones (excluding diaryl/α,β-unsaturated/α-hetero) is 1. The van der Waals surface area contributed by atoms with Gasteiger partial charge in [-0.3, -0.25) is 14.6 Å². The minimum absolute atomic E-state index is 0.266. The van der Waals surface area contributed by atoms with Gasteiger partial charge in [-0.05, 0) is 6.92 Å². The molecule has 1 aliphatic heterocycles. The van der Waals surface area contributed by atoms with Crippen LogP contribution in [0, 0.1) is 0 Å². The van der Waals surface area contributed by atoms with Gasteiger partial charge >= 0.3 is 0 Å². The third kappa shape index (κ3) is 0.937. The van der Waals surface area contributed by atoms with Crippen LogP contribution in [0.3, 0.4) is 0 Å². The highest BCUT2D eigenvalue weighted by Gasteiger charge is 2.15. The number of rotatable bonds is 0. The van der Waals surface area contributed by atoms with Crippen molar-refractivity contribution in [3.8, 4) is 0 Å². The van der Waals surface area contributed by atoms with Gasteiger partial charge in [0.2, 0.25) is 11.6 Å². The summed E-state index contributed by atoms with van der Waals surface area (Å²) in [5.74, 6) is -0.986. The van der Waals surface area contributed by atoms with Gasteiger partial charge in [0, 0.05) is 12.3 Å². The van der Waals surface area contributed by atoms with Gasteiger partial charge < -0.3 is 0 Å². The van der Waals surface area contributed by atoms with E-state index < -0.39 is 11.6 Å². The van der Waals surface area contributed by atoms with E-state index >= 15 is 0 Å². The highest BCUT2D eigenvalue weighted by atomic mass is 16.2. The summed E-state index contributed by atoms with van der Waals surface area (Å²) in [6, 6.07) is 0. The fraction of sp³-hybridized carbons (Fsp3) is 0.167. The summed E-state index contributed by atoms with van der Waals surface area (Å²) in [5.41, 5.74) is 0.266. The van der Waals surface area contributed by atoms with Crippen LogP contribution >= 0.6 is 0 Å². The fourth-order valence-corrected chi connectivity index (χ4v) is 0.529. The number of allylic oxidation sites excluding steroid dienone is 1. The number of ketones is 2. The summed E-state index contributed by atoms with van der Waals surface area (Å²) in [4.78, 5) is 24.7. The van der Waals surface area contributed by atoms with Crippen molar-refractivity contribution in [3.63, 3.8) is 0 Å². The molecule has 46 valence electrons. The zero-order valence-corrected chi connectivity index (χ0v) is 4.92. The van der Waals surface area contributed by atoms with Gasteiger partial charge in [-0.1, -0.05) is 0 Å². The molecule has 1 heterocycles. The first kappa shape index (κ1) is 5.88. The molecule has 0 radical (unpaired) electrons. The van der Waals surface area contributed by atoms with Crippen molar-refractivity contribution in [2.45, 2.75) is 6.92 Å². The first-order valence-corrected chi connectivity index (χ1v) is 2.51. The van der Waals surface area contributed by atoms with Crippen LogP contribution in [0.1, 0.15) is 6.92 Å². The lowest BCUT2D eigenvalue weighted by Gasteiger charge is -1.96. The van der Waals surface area contributed by atoms with Crippen molar-refractivity contribution in [1.29, 1.82) is 0 Å². The molecule has 0 fully saturated rings. The predicted octanol–water partition coefficient (Wildman–Crippen LogP) is 0.113. The third-order valence-electron chi connectivity index (χ3n) is 1.05. The second-order valence-corrected chi connectivity index (χ2v) is 1.72. The first-order valence-electron chi connectivity index (χ1n) is 2.51. The average molecular weight is 123 g/mol. The maximum Gasteiger partial charge on any atom is 0.246 e. The van der Waals surface area contributed by atoms with E-state index in [4.69, 9.17) is 0 Å². The van der Waals surface area contributed by atoms with Crippen molar-refractivity contribution in [2.75, 3.05) is 0 Å². The van der Waals surface area contributed by atoms with Crippen LogP contribution in [0.2, 0.25) is 0 Å². The van der Waals surface area contributed by atoms with Crippen LogP contribution in [0.25, 0.3) is 0 Å². The minimum atomic E-state index is -0.502. The Bertz CT molecular complexity index is 225. The number of hydrogen-bond donors (Lipinski definition) is 0. The van der Waals surface area contributed by atoms with E-state index in [2.05, 4.69) is 4.99 Å². The topological polar surface area (TPSA) is 46.5 Å². The molecular weight excluding hydrogens is 118 g/mol. The fourth-order valence-electron chi connectivity index (χ4n) is 0.529. The van der Waals surface area contributed by atoms with Crippen molar-refractivity contribution >= 4 is 17.3 Å². The molecule has 0 saturated carbocycles. The largest absolute Gasteiger partial charge is 0.285 e. The van der Waals surface area contributed by atoms with Gasteiger partial charge in [0.15, 0.2) is 0 Å². The van der Waals surface area contributed by atoms with Crippen molar-refractivity contribution in [1.82, 2.24) is 0 Å². The molecule has 0 amide bonds. The highest BCUT2D eigenvalue weighted by Crippen LogP contribution is 1.93. The molecule has 0 N–H and O–H groups in total. The zero-order chi connectivity index (χ0) is 6.85. The molecule has 1 rings (SSSR count). The molecule has 0 spiro atoms. The number of carbonyl (C=O) groups is 2. The summed E-state index contributed by atoms with van der Waals surface area (Å²) >= 11 is 0. The summed E-state index contributed by atoms with van der Waals surface area (Å²) in [6.45, 7) is 1.52. The Morgan fingerprint density at radius 3 is 2.56 bits per heavy atom. The zero-order valence-electron chi connectivity index (χ0n) is 4.92. The van der Waals surface area contributed by atoms with Crippen LogP contribution in [0.15, 0.2) is 17.3 Å². The molecule has 1 aliphatic rings. The van der Waals surface area contributed by atoms with Gasteiger partial charge in [-0.15, -0.1) is 0 Å². The number of hydrogen-bond acceptors (Lipinski definition) is 3. The second kappa shape index (κ2) is 1.93. The summed E-state index contributed by atoms with van der Waals surface area (Å²) < 4.78 is 0. The monoisotopic (exact) mass is 123 g/mol. The van der Waals surface area contributed by atoms with Crippen molar-refractivity contribution in [3.05, 3.63) is 12.3 Å². The smallest absolute Gasteiger partial charge is 0.246 e. The lowest BCUT2D eigenvalue weighted by molar-refractivity contribution is -0.130. The Morgan fingerprint density at radius 1 is 1.44 bits per heavy atom. The third-order valence-corrected chi connectivity index (χ3v) is 1.05. The molecule has 0 bridgehead atoms. The van der Waals surface area contributed by atoms with Gasteiger partial charge in [0.1, 0.15) is 0 Å². The first-order chi connectivity index (χ1) is 4.22. The van der Waals surface area contributed by atoms with E-state index in [-0.39, 0.29) is 5.71 Å². The molecule has 9 heavy (non-hydrogen) atoms. The molecular formula is C6H5NO2. The predicted molar refractivity (Wildman–Crippen MR) is 32.3 cm³/mol. The Labute approximate surface area is 52.1 Å². The van der Waals surface area contributed by atoms with E-state index in [1.165, 1.54) is 13.1 Å². The van der Waals surface area contributed by atoms with Crippen molar-refractivity contribution in [2.24, 2.45) is 4.99 Å². The standard InChI is InChI=1S/C6H5NO2/c1-4-6(9)5(8)2-3-7-4/h2-3H,1H3. The average Bonchev–Trinajstić information content (AvgIpc) is 1.83. The Kier molecular flexibility index (Phi) is 1.26.